The van der Waals surface area contributed by atoms with E-state index in [1.807, 2.05) is 0 Å². The van der Waals surface area contributed by atoms with Gasteiger partial charge in [-0.2, -0.15) is 0 Å². The van der Waals surface area contributed by atoms with Crippen molar-refractivity contribution in [1.29, 1.82) is 0 Å². The van der Waals surface area contributed by atoms with Crippen molar-refractivity contribution in [3.8, 4) is 0 Å². The maximum atomic E-state index is 5.96. The molecule has 1 aromatic rings. The van der Waals surface area contributed by atoms with E-state index >= 15 is 0 Å². The van der Waals surface area contributed by atoms with Gasteiger partial charge in [0.25, 0.3) is 0 Å². The van der Waals surface area contributed by atoms with Crippen molar-refractivity contribution in [2.75, 3.05) is 23.7 Å². The molecular formula is C13H20N2. The molecule has 0 unspecified atom stereocenters. The second-order valence-electron chi connectivity index (χ2n) is 4.54. The molecule has 2 heteroatoms. The van der Waals surface area contributed by atoms with Crippen molar-refractivity contribution in [3.63, 3.8) is 0 Å². The lowest BCUT2D eigenvalue weighted by molar-refractivity contribution is 0.577. The molecule has 1 fully saturated rings. The zero-order chi connectivity index (χ0) is 10.8. The van der Waals surface area contributed by atoms with Crippen LogP contribution in [0.5, 0.6) is 0 Å². The third-order valence-corrected chi connectivity index (χ3v) is 3.30. The normalized spacial score (nSPS) is 16.8. The van der Waals surface area contributed by atoms with Crippen LogP contribution in [-0.2, 0) is 0 Å². The summed E-state index contributed by atoms with van der Waals surface area (Å²) in [5.41, 5.74) is 10.7. The van der Waals surface area contributed by atoms with E-state index in [2.05, 4.69) is 30.9 Å². The summed E-state index contributed by atoms with van der Waals surface area (Å²) in [6.45, 7) is 6.58. The van der Waals surface area contributed by atoms with Gasteiger partial charge in [0.2, 0.25) is 0 Å². The Balaban J connectivity index is 2.27. The Morgan fingerprint density at radius 1 is 1.00 bits per heavy atom. The van der Waals surface area contributed by atoms with Gasteiger partial charge in [-0.25, -0.2) is 0 Å². The van der Waals surface area contributed by atoms with Crippen LogP contribution >= 0.6 is 0 Å². The standard InChI is InChI=1S/C13H20N2/c1-10-8-12(9-11(2)13(10)14)15-6-4-3-5-7-15/h8-9H,3-7,14H2,1-2H3. The van der Waals surface area contributed by atoms with E-state index in [1.165, 1.54) is 49.2 Å². The second-order valence-corrected chi connectivity index (χ2v) is 4.54. The fraction of sp³-hybridized carbons (Fsp3) is 0.538. The summed E-state index contributed by atoms with van der Waals surface area (Å²) in [4.78, 5) is 2.48. The van der Waals surface area contributed by atoms with Gasteiger partial charge >= 0.3 is 0 Å². The minimum absolute atomic E-state index is 0.941. The Morgan fingerprint density at radius 2 is 1.53 bits per heavy atom. The van der Waals surface area contributed by atoms with Crippen molar-refractivity contribution in [3.05, 3.63) is 23.3 Å². The molecule has 82 valence electrons. The van der Waals surface area contributed by atoms with Gasteiger partial charge in [0.1, 0.15) is 0 Å². The maximum absolute atomic E-state index is 5.96. The number of nitrogen functional groups attached to an aromatic ring is 1. The lowest BCUT2D eigenvalue weighted by atomic mass is 10.1. The van der Waals surface area contributed by atoms with Gasteiger partial charge in [0.15, 0.2) is 0 Å². The minimum atomic E-state index is 0.941. The largest absolute Gasteiger partial charge is 0.398 e. The molecule has 1 aliphatic rings. The SMILES string of the molecule is Cc1cc(N2CCCCC2)cc(C)c1N. The fourth-order valence-electron chi connectivity index (χ4n) is 2.29. The Hall–Kier alpha value is -1.18. The van der Waals surface area contributed by atoms with Crippen LogP contribution in [-0.4, -0.2) is 13.1 Å². The van der Waals surface area contributed by atoms with Gasteiger partial charge in [-0.15, -0.1) is 0 Å². The van der Waals surface area contributed by atoms with E-state index in [9.17, 15) is 0 Å². The summed E-state index contributed by atoms with van der Waals surface area (Å²) < 4.78 is 0. The van der Waals surface area contributed by atoms with Crippen molar-refractivity contribution < 1.29 is 0 Å². The molecule has 0 spiro atoms. The predicted molar refractivity (Wildman–Crippen MR) is 66.4 cm³/mol. The summed E-state index contributed by atoms with van der Waals surface area (Å²) in [7, 11) is 0. The number of aryl methyl sites for hydroxylation is 2. The van der Waals surface area contributed by atoms with Gasteiger partial charge in [-0.05, 0) is 56.4 Å². The molecule has 0 bridgehead atoms. The highest BCUT2D eigenvalue weighted by atomic mass is 15.1. The van der Waals surface area contributed by atoms with Crippen LogP contribution in [0.3, 0.4) is 0 Å². The Labute approximate surface area is 92.1 Å². The maximum Gasteiger partial charge on any atom is 0.0374 e. The van der Waals surface area contributed by atoms with Crippen molar-refractivity contribution in [2.45, 2.75) is 33.1 Å². The highest BCUT2D eigenvalue weighted by Gasteiger charge is 2.12. The molecular weight excluding hydrogens is 184 g/mol. The van der Waals surface area contributed by atoms with Gasteiger partial charge in [0.05, 0.1) is 0 Å². The third kappa shape index (κ3) is 2.09. The number of nitrogens with zero attached hydrogens (tertiary/aromatic N) is 1. The predicted octanol–water partition coefficient (Wildman–Crippen LogP) is 2.88. The molecule has 2 nitrogen and oxygen atoms in total. The average molecular weight is 204 g/mol. The first-order chi connectivity index (χ1) is 7.18. The zero-order valence-electron chi connectivity index (χ0n) is 9.71. The summed E-state index contributed by atoms with van der Waals surface area (Å²) >= 11 is 0. The molecule has 2 N–H and O–H groups in total. The van der Waals surface area contributed by atoms with Gasteiger partial charge in [0, 0.05) is 24.5 Å². The topological polar surface area (TPSA) is 29.3 Å². The molecule has 15 heavy (non-hydrogen) atoms. The Morgan fingerprint density at radius 3 is 2.07 bits per heavy atom. The number of rotatable bonds is 1. The van der Waals surface area contributed by atoms with E-state index in [1.54, 1.807) is 0 Å². The molecule has 0 radical (unpaired) electrons. The zero-order valence-corrected chi connectivity index (χ0v) is 9.71. The molecule has 0 amide bonds. The number of nitrogens with two attached hydrogens (primary N) is 1. The first-order valence-electron chi connectivity index (χ1n) is 5.80. The molecule has 0 aliphatic carbocycles. The smallest absolute Gasteiger partial charge is 0.0374 e. The third-order valence-electron chi connectivity index (χ3n) is 3.30. The van der Waals surface area contributed by atoms with Crippen molar-refractivity contribution in [2.24, 2.45) is 0 Å². The summed E-state index contributed by atoms with van der Waals surface area (Å²) in [5, 5.41) is 0. The van der Waals surface area contributed by atoms with E-state index in [0.29, 0.717) is 0 Å². The van der Waals surface area contributed by atoms with Crippen LogP contribution in [0.15, 0.2) is 12.1 Å². The lowest BCUT2D eigenvalue weighted by Gasteiger charge is -2.29. The van der Waals surface area contributed by atoms with Gasteiger partial charge in [-0.3, -0.25) is 0 Å². The lowest BCUT2D eigenvalue weighted by Crippen LogP contribution is -2.29. The molecule has 1 saturated heterocycles. The van der Waals surface area contributed by atoms with Crippen LogP contribution in [0.1, 0.15) is 30.4 Å². The summed E-state index contributed by atoms with van der Waals surface area (Å²) in [6, 6.07) is 4.43. The van der Waals surface area contributed by atoms with E-state index in [4.69, 9.17) is 5.73 Å². The van der Waals surface area contributed by atoms with Crippen LogP contribution in [0.2, 0.25) is 0 Å². The number of anilines is 2. The molecule has 1 aliphatic heterocycles. The second kappa shape index (κ2) is 4.13. The van der Waals surface area contributed by atoms with Crippen LogP contribution in [0.25, 0.3) is 0 Å². The average Bonchev–Trinajstić information content (AvgIpc) is 2.26. The summed E-state index contributed by atoms with van der Waals surface area (Å²) in [5.74, 6) is 0. The van der Waals surface area contributed by atoms with Crippen molar-refractivity contribution >= 4 is 11.4 Å². The Bertz CT molecular complexity index is 329. The minimum Gasteiger partial charge on any atom is -0.398 e. The molecule has 0 atom stereocenters. The van der Waals surface area contributed by atoms with Gasteiger partial charge in [-0.1, -0.05) is 0 Å². The Kier molecular flexibility index (Phi) is 2.85. The highest BCUT2D eigenvalue weighted by molar-refractivity contribution is 5.62. The first kappa shape index (κ1) is 10.3. The van der Waals surface area contributed by atoms with Crippen LogP contribution in [0, 0.1) is 13.8 Å². The quantitative estimate of drug-likeness (QED) is 0.713. The highest BCUT2D eigenvalue weighted by Crippen LogP contribution is 2.26. The molecule has 0 saturated carbocycles. The monoisotopic (exact) mass is 204 g/mol. The number of hydrogen-bond acceptors (Lipinski definition) is 2. The summed E-state index contributed by atoms with van der Waals surface area (Å²) in [6.07, 6.45) is 4.02. The molecule has 0 aromatic heterocycles. The van der Waals surface area contributed by atoms with Crippen LogP contribution < -0.4 is 10.6 Å². The number of hydrogen-bond donors (Lipinski definition) is 1. The number of piperidine rings is 1. The number of benzene rings is 1. The molecule has 2 rings (SSSR count). The van der Waals surface area contributed by atoms with Crippen molar-refractivity contribution in [1.82, 2.24) is 0 Å². The van der Waals surface area contributed by atoms with E-state index in [0.717, 1.165) is 5.69 Å². The molecule has 1 heterocycles. The fourth-order valence-corrected chi connectivity index (χ4v) is 2.29. The van der Waals surface area contributed by atoms with E-state index in [-0.39, 0.29) is 0 Å². The van der Waals surface area contributed by atoms with Gasteiger partial charge < -0.3 is 10.6 Å². The van der Waals surface area contributed by atoms with E-state index < -0.39 is 0 Å². The van der Waals surface area contributed by atoms with Crippen LogP contribution in [0.4, 0.5) is 11.4 Å². The molecule has 1 aromatic carbocycles. The first-order valence-corrected chi connectivity index (χ1v) is 5.80.